The topological polar surface area (TPSA) is 72.9 Å². The van der Waals surface area contributed by atoms with Gasteiger partial charge >= 0.3 is 5.97 Å². The fourth-order valence-corrected chi connectivity index (χ4v) is 3.65. The number of carbonyl (C=O) groups excluding carboxylic acids is 3. The van der Waals surface area contributed by atoms with Gasteiger partial charge in [-0.3, -0.25) is 14.5 Å². The summed E-state index contributed by atoms with van der Waals surface area (Å²) >= 11 is 0.904. The Morgan fingerprint density at radius 1 is 1.07 bits per heavy atom. The molecule has 29 heavy (non-hydrogen) atoms. The summed E-state index contributed by atoms with van der Waals surface area (Å²) in [6, 6.07) is 16.7. The second kappa shape index (κ2) is 9.93. The van der Waals surface area contributed by atoms with Crippen molar-refractivity contribution in [2.45, 2.75) is 13.3 Å². The van der Waals surface area contributed by atoms with Gasteiger partial charge in [0.1, 0.15) is 5.75 Å². The maximum Gasteiger partial charge on any atom is 0.344 e. The Hall–Kier alpha value is -3.06. The first kappa shape index (κ1) is 20.7. The molecule has 150 valence electrons. The number of amides is 2. The molecule has 0 unspecified atom stereocenters. The van der Waals surface area contributed by atoms with Crippen LogP contribution in [0.5, 0.6) is 5.75 Å². The van der Waals surface area contributed by atoms with Gasteiger partial charge in [-0.15, -0.1) is 0 Å². The van der Waals surface area contributed by atoms with Crippen molar-refractivity contribution >= 4 is 35.0 Å². The Kier molecular flexibility index (Phi) is 7.08. The third-order valence-corrected chi connectivity index (χ3v) is 5.10. The van der Waals surface area contributed by atoms with Crippen LogP contribution in [0.3, 0.4) is 0 Å². The number of rotatable bonds is 8. The molecule has 2 aromatic rings. The van der Waals surface area contributed by atoms with Gasteiger partial charge in [0.05, 0.1) is 11.5 Å². The van der Waals surface area contributed by atoms with E-state index in [-0.39, 0.29) is 24.4 Å². The van der Waals surface area contributed by atoms with E-state index in [2.05, 4.69) is 0 Å². The second-order valence-electron chi connectivity index (χ2n) is 6.20. The highest BCUT2D eigenvalue weighted by molar-refractivity contribution is 8.18. The maximum atomic E-state index is 12.7. The Labute approximate surface area is 173 Å². The molecule has 3 rings (SSSR count). The van der Waals surface area contributed by atoms with E-state index in [9.17, 15) is 14.4 Å². The zero-order valence-corrected chi connectivity index (χ0v) is 16.8. The van der Waals surface area contributed by atoms with Gasteiger partial charge < -0.3 is 9.47 Å². The predicted octanol–water partition coefficient (Wildman–Crippen LogP) is 3.91. The van der Waals surface area contributed by atoms with Gasteiger partial charge in [0, 0.05) is 12.1 Å². The van der Waals surface area contributed by atoms with E-state index in [1.54, 1.807) is 37.3 Å². The number of hydrogen-bond donors (Lipinski definition) is 0. The molecule has 7 heteroatoms. The van der Waals surface area contributed by atoms with Crippen molar-refractivity contribution in [2.24, 2.45) is 0 Å². The number of thioether (sulfide) groups is 1. The van der Waals surface area contributed by atoms with E-state index in [1.807, 2.05) is 30.3 Å². The zero-order valence-electron chi connectivity index (χ0n) is 16.0. The minimum absolute atomic E-state index is 0.225. The lowest BCUT2D eigenvalue weighted by molar-refractivity contribution is -0.145. The number of esters is 1. The third-order valence-electron chi connectivity index (χ3n) is 4.20. The molecule has 6 nitrogen and oxygen atoms in total. The van der Waals surface area contributed by atoms with E-state index < -0.39 is 5.97 Å². The highest BCUT2D eigenvalue weighted by Gasteiger charge is 2.34. The Bertz CT molecular complexity index is 926. The number of imide groups is 1. The molecular formula is C22H21NO5S. The first-order valence-electron chi connectivity index (χ1n) is 9.25. The van der Waals surface area contributed by atoms with Crippen molar-refractivity contribution in [1.29, 1.82) is 0 Å². The van der Waals surface area contributed by atoms with Crippen molar-refractivity contribution in [3.63, 3.8) is 0 Å². The first-order valence-corrected chi connectivity index (χ1v) is 10.1. The molecule has 1 heterocycles. The molecule has 0 aliphatic carbocycles. The SMILES string of the molecule is CCOC(=O)COc1ccccc1/C=C1\SC(=O)N(CCc2ccccc2)C1=O. The van der Waals surface area contributed by atoms with E-state index >= 15 is 0 Å². The average molecular weight is 411 g/mol. The summed E-state index contributed by atoms with van der Waals surface area (Å²) in [5.74, 6) is -0.351. The van der Waals surface area contributed by atoms with Gasteiger partial charge in [-0.1, -0.05) is 48.5 Å². The monoisotopic (exact) mass is 411 g/mol. The molecule has 2 amide bonds. The molecule has 1 aliphatic rings. The van der Waals surface area contributed by atoms with Crippen LogP contribution in [0.15, 0.2) is 59.5 Å². The van der Waals surface area contributed by atoms with E-state index in [0.717, 1.165) is 17.3 Å². The number of carbonyl (C=O) groups is 3. The Morgan fingerprint density at radius 3 is 2.55 bits per heavy atom. The molecule has 1 saturated heterocycles. The molecule has 0 spiro atoms. The summed E-state index contributed by atoms with van der Waals surface area (Å²) in [6.07, 6.45) is 2.22. The quantitative estimate of drug-likeness (QED) is 0.484. The molecule has 0 radical (unpaired) electrons. The van der Waals surface area contributed by atoms with E-state index in [1.165, 1.54) is 4.90 Å². The molecule has 0 saturated carbocycles. The van der Waals surface area contributed by atoms with Crippen LogP contribution in [0.25, 0.3) is 6.08 Å². The van der Waals surface area contributed by atoms with Gasteiger partial charge in [0.25, 0.3) is 11.1 Å². The highest BCUT2D eigenvalue weighted by atomic mass is 32.2. The molecule has 1 fully saturated rings. The summed E-state index contributed by atoms with van der Waals surface area (Å²) < 4.78 is 10.4. The molecular weight excluding hydrogens is 390 g/mol. The molecule has 2 aromatic carbocycles. The minimum atomic E-state index is -0.469. The zero-order chi connectivity index (χ0) is 20.6. The van der Waals surface area contributed by atoms with Crippen molar-refractivity contribution in [1.82, 2.24) is 4.90 Å². The molecule has 0 N–H and O–H groups in total. The van der Waals surface area contributed by atoms with Gasteiger partial charge in [-0.25, -0.2) is 4.79 Å². The van der Waals surface area contributed by atoms with Crippen LogP contribution in [0.2, 0.25) is 0 Å². The highest BCUT2D eigenvalue weighted by Crippen LogP contribution is 2.34. The first-order chi connectivity index (χ1) is 14.1. The van der Waals surface area contributed by atoms with Crippen LogP contribution in [0.1, 0.15) is 18.1 Å². The van der Waals surface area contributed by atoms with Gasteiger partial charge in [-0.2, -0.15) is 0 Å². The smallest absolute Gasteiger partial charge is 0.344 e. The maximum absolute atomic E-state index is 12.7. The largest absolute Gasteiger partial charge is 0.481 e. The van der Waals surface area contributed by atoms with Gasteiger partial charge in [0.2, 0.25) is 0 Å². The van der Waals surface area contributed by atoms with Crippen LogP contribution >= 0.6 is 11.8 Å². The van der Waals surface area contributed by atoms with Crippen molar-refractivity contribution in [3.8, 4) is 5.75 Å². The minimum Gasteiger partial charge on any atom is -0.481 e. The van der Waals surface area contributed by atoms with Crippen molar-refractivity contribution in [3.05, 3.63) is 70.6 Å². The summed E-state index contributed by atoms with van der Waals surface area (Å²) in [4.78, 5) is 38.1. The number of benzene rings is 2. The van der Waals surface area contributed by atoms with Gasteiger partial charge in [-0.05, 0) is 42.8 Å². The van der Waals surface area contributed by atoms with Crippen LogP contribution in [-0.2, 0) is 20.7 Å². The molecule has 0 aromatic heterocycles. The summed E-state index contributed by atoms with van der Waals surface area (Å²) in [5.41, 5.74) is 1.68. The number of hydrogen-bond acceptors (Lipinski definition) is 6. The van der Waals surface area contributed by atoms with Crippen molar-refractivity contribution in [2.75, 3.05) is 19.8 Å². The molecule has 1 aliphatic heterocycles. The lowest BCUT2D eigenvalue weighted by Gasteiger charge is -2.12. The second-order valence-corrected chi connectivity index (χ2v) is 7.19. The van der Waals surface area contributed by atoms with Crippen LogP contribution in [0.4, 0.5) is 4.79 Å². The number of ether oxygens (including phenoxy) is 2. The number of nitrogens with zero attached hydrogens (tertiary/aromatic N) is 1. The third kappa shape index (κ3) is 5.48. The fraction of sp³-hybridized carbons (Fsp3) is 0.227. The van der Waals surface area contributed by atoms with E-state index in [0.29, 0.717) is 29.2 Å². The molecule has 0 bridgehead atoms. The van der Waals surface area contributed by atoms with Gasteiger partial charge in [0.15, 0.2) is 6.61 Å². The standard InChI is InChI=1S/C22H21NO5S/c1-2-27-20(24)15-28-18-11-7-6-10-17(18)14-19-21(25)23(22(26)29-19)13-12-16-8-4-3-5-9-16/h3-11,14H,2,12-13,15H2,1H3/b19-14-. The fourth-order valence-electron chi connectivity index (χ4n) is 2.79. The van der Waals surface area contributed by atoms with Crippen molar-refractivity contribution < 1.29 is 23.9 Å². The predicted molar refractivity (Wildman–Crippen MR) is 111 cm³/mol. The van der Waals surface area contributed by atoms with E-state index in [4.69, 9.17) is 9.47 Å². The lowest BCUT2D eigenvalue weighted by Crippen LogP contribution is -2.30. The Balaban J connectivity index is 1.70. The van der Waals surface area contributed by atoms with Crippen LogP contribution in [-0.4, -0.2) is 41.8 Å². The van der Waals surface area contributed by atoms with Crippen LogP contribution in [0, 0.1) is 0 Å². The molecule has 0 atom stereocenters. The summed E-state index contributed by atoms with van der Waals surface area (Å²) in [7, 11) is 0. The summed E-state index contributed by atoms with van der Waals surface area (Å²) in [6.45, 7) is 2.10. The average Bonchev–Trinajstić information content (AvgIpc) is 2.99. The summed E-state index contributed by atoms with van der Waals surface area (Å²) in [5, 5.41) is -0.290. The lowest BCUT2D eigenvalue weighted by atomic mass is 10.1. The number of para-hydroxylation sites is 1. The van der Waals surface area contributed by atoms with Crippen LogP contribution < -0.4 is 4.74 Å². The Morgan fingerprint density at radius 2 is 1.79 bits per heavy atom. The normalized spacial score (nSPS) is 15.1.